The first-order chi connectivity index (χ1) is 13.6. The Bertz CT molecular complexity index is 1220. The quantitative estimate of drug-likeness (QED) is 0.478. The zero-order valence-electron chi connectivity index (χ0n) is 15.3. The van der Waals surface area contributed by atoms with E-state index in [1.54, 1.807) is 21.7 Å². The molecule has 0 unspecified atom stereocenters. The van der Waals surface area contributed by atoms with Crippen molar-refractivity contribution in [3.05, 3.63) is 71.7 Å². The first-order valence-corrected chi connectivity index (χ1v) is 11.7. The summed E-state index contributed by atoms with van der Waals surface area (Å²) in [5.74, 6) is 0.330. The molecule has 6 heteroatoms. The average Bonchev–Trinajstić information content (AvgIpc) is 3.18. The van der Waals surface area contributed by atoms with Crippen molar-refractivity contribution in [3.63, 3.8) is 0 Å². The normalized spacial score (nSPS) is 16.7. The number of piperidine rings is 1. The fraction of sp³-hybridized carbons (Fsp3) is 0.227. The third-order valence-electron chi connectivity index (χ3n) is 5.48. The van der Waals surface area contributed by atoms with Gasteiger partial charge in [-0.25, -0.2) is 13.4 Å². The molecule has 0 atom stereocenters. The summed E-state index contributed by atoms with van der Waals surface area (Å²) < 4.78 is 29.4. The molecule has 5 rings (SSSR count). The molecule has 3 aromatic carbocycles. The van der Waals surface area contributed by atoms with E-state index < -0.39 is 10.0 Å². The van der Waals surface area contributed by atoms with Crippen LogP contribution in [0, 0.1) is 0 Å². The molecule has 0 radical (unpaired) electrons. The molecular weight excluding hydrogens is 388 g/mol. The molecule has 28 heavy (non-hydrogen) atoms. The van der Waals surface area contributed by atoms with E-state index in [4.69, 9.17) is 4.98 Å². The SMILES string of the molecule is O=S(=O)(c1cccc2ccccc12)N1CCC(c2nc3ccccc3s2)CC1. The largest absolute Gasteiger partial charge is 0.243 e. The van der Waals surface area contributed by atoms with E-state index in [1.165, 1.54) is 4.70 Å². The summed E-state index contributed by atoms with van der Waals surface area (Å²) in [5.41, 5.74) is 1.04. The van der Waals surface area contributed by atoms with Crippen molar-refractivity contribution >= 4 is 42.3 Å². The van der Waals surface area contributed by atoms with Crippen LogP contribution in [0.5, 0.6) is 0 Å². The third kappa shape index (κ3) is 3.02. The number of para-hydroxylation sites is 1. The van der Waals surface area contributed by atoms with Crippen LogP contribution in [0.3, 0.4) is 0 Å². The van der Waals surface area contributed by atoms with Gasteiger partial charge in [0.25, 0.3) is 0 Å². The topological polar surface area (TPSA) is 50.3 Å². The Hall–Kier alpha value is -2.28. The second-order valence-electron chi connectivity index (χ2n) is 7.18. The minimum atomic E-state index is -3.50. The lowest BCUT2D eigenvalue weighted by molar-refractivity contribution is 0.319. The van der Waals surface area contributed by atoms with Gasteiger partial charge in [0.15, 0.2) is 0 Å². The van der Waals surface area contributed by atoms with Crippen molar-refractivity contribution in [2.75, 3.05) is 13.1 Å². The Kier molecular flexibility index (Phi) is 4.42. The van der Waals surface area contributed by atoms with Crippen LogP contribution in [-0.4, -0.2) is 30.8 Å². The van der Waals surface area contributed by atoms with Crippen molar-refractivity contribution in [2.24, 2.45) is 0 Å². The number of rotatable bonds is 3. The van der Waals surface area contributed by atoms with Gasteiger partial charge >= 0.3 is 0 Å². The standard InChI is InChI=1S/C22H20N2O2S2/c25-28(26,21-11-5-7-16-6-1-2-8-18(16)21)24-14-12-17(13-15-24)22-23-19-9-3-4-10-20(19)27-22/h1-11,17H,12-15H2. The van der Waals surface area contributed by atoms with Crippen LogP contribution in [0.2, 0.25) is 0 Å². The van der Waals surface area contributed by atoms with Gasteiger partial charge < -0.3 is 0 Å². The van der Waals surface area contributed by atoms with Gasteiger partial charge in [0, 0.05) is 24.4 Å². The van der Waals surface area contributed by atoms with Crippen LogP contribution in [0.25, 0.3) is 21.0 Å². The molecule has 1 saturated heterocycles. The van der Waals surface area contributed by atoms with Crippen molar-refractivity contribution in [1.82, 2.24) is 9.29 Å². The lowest BCUT2D eigenvalue weighted by Gasteiger charge is -2.30. The Morgan fingerprint density at radius 1 is 0.893 bits per heavy atom. The van der Waals surface area contributed by atoms with E-state index in [0.29, 0.717) is 23.9 Å². The molecule has 0 saturated carbocycles. The zero-order valence-corrected chi connectivity index (χ0v) is 16.9. The van der Waals surface area contributed by atoms with Crippen molar-refractivity contribution in [3.8, 4) is 0 Å². The fourth-order valence-electron chi connectivity index (χ4n) is 3.97. The van der Waals surface area contributed by atoms with Gasteiger partial charge in [0.1, 0.15) is 0 Å². The van der Waals surface area contributed by atoms with E-state index >= 15 is 0 Å². The maximum atomic E-state index is 13.3. The highest BCUT2D eigenvalue weighted by Crippen LogP contribution is 2.36. The van der Waals surface area contributed by atoms with E-state index in [2.05, 4.69) is 6.07 Å². The number of sulfonamides is 1. The lowest BCUT2D eigenvalue weighted by Crippen LogP contribution is -2.37. The van der Waals surface area contributed by atoms with E-state index in [0.717, 1.165) is 34.1 Å². The highest BCUT2D eigenvalue weighted by Gasteiger charge is 2.32. The molecule has 1 aromatic heterocycles. The number of hydrogen-bond acceptors (Lipinski definition) is 4. The smallest absolute Gasteiger partial charge is 0.241 e. The molecule has 0 bridgehead atoms. The van der Waals surface area contributed by atoms with Crippen molar-refractivity contribution < 1.29 is 8.42 Å². The predicted molar refractivity (Wildman–Crippen MR) is 114 cm³/mol. The van der Waals surface area contributed by atoms with Crippen molar-refractivity contribution in [2.45, 2.75) is 23.7 Å². The van der Waals surface area contributed by atoms with Crippen LogP contribution in [-0.2, 0) is 10.0 Å². The predicted octanol–water partition coefficient (Wildman–Crippen LogP) is 5.02. The molecule has 4 aromatic rings. The molecule has 2 heterocycles. The summed E-state index contributed by atoms with van der Waals surface area (Å²) >= 11 is 1.73. The van der Waals surface area contributed by atoms with Crippen molar-refractivity contribution in [1.29, 1.82) is 0 Å². The van der Waals surface area contributed by atoms with Gasteiger partial charge in [-0.15, -0.1) is 11.3 Å². The molecule has 0 aliphatic carbocycles. The van der Waals surface area contributed by atoms with Gasteiger partial charge in [-0.05, 0) is 36.4 Å². The Morgan fingerprint density at radius 2 is 1.61 bits per heavy atom. The number of hydrogen-bond donors (Lipinski definition) is 0. The molecule has 1 aliphatic rings. The Labute approximate surface area is 168 Å². The highest BCUT2D eigenvalue weighted by molar-refractivity contribution is 7.89. The van der Waals surface area contributed by atoms with Gasteiger partial charge in [0.05, 0.1) is 20.1 Å². The highest BCUT2D eigenvalue weighted by atomic mass is 32.2. The second kappa shape index (κ2) is 6.95. The third-order valence-corrected chi connectivity index (χ3v) is 8.64. The summed E-state index contributed by atoms with van der Waals surface area (Å²) in [6, 6.07) is 21.3. The Morgan fingerprint density at radius 3 is 2.43 bits per heavy atom. The molecule has 142 valence electrons. The van der Waals surface area contributed by atoms with Crippen LogP contribution >= 0.6 is 11.3 Å². The molecule has 1 fully saturated rings. The number of aromatic nitrogens is 1. The van der Waals surface area contributed by atoms with Crippen LogP contribution in [0.4, 0.5) is 0 Å². The van der Waals surface area contributed by atoms with Crippen LogP contribution < -0.4 is 0 Å². The maximum Gasteiger partial charge on any atom is 0.243 e. The number of thiazole rings is 1. The lowest BCUT2D eigenvalue weighted by atomic mass is 9.99. The van der Waals surface area contributed by atoms with E-state index in [9.17, 15) is 8.42 Å². The monoisotopic (exact) mass is 408 g/mol. The molecule has 1 aliphatic heterocycles. The van der Waals surface area contributed by atoms with E-state index in [-0.39, 0.29) is 0 Å². The summed E-state index contributed by atoms with van der Waals surface area (Å²) in [7, 11) is -3.50. The maximum absolute atomic E-state index is 13.3. The van der Waals surface area contributed by atoms with E-state index in [1.807, 2.05) is 54.6 Å². The zero-order chi connectivity index (χ0) is 19.1. The summed E-state index contributed by atoms with van der Waals surface area (Å²) in [5, 5.41) is 2.87. The minimum Gasteiger partial charge on any atom is -0.241 e. The van der Waals surface area contributed by atoms with Gasteiger partial charge in [0.2, 0.25) is 10.0 Å². The average molecular weight is 409 g/mol. The number of benzene rings is 3. The molecular formula is C22H20N2O2S2. The molecule has 0 spiro atoms. The fourth-order valence-corrected chi connectivity index (χ4v) is 6.79. The van der Waals surface area contributed by atoms with Gasteiger partial charge in [-0.3, -0.25) is 0 Å². The van der Waals surface area contributed by atoms with Crippen LogP contribution in [0.1, 0.15) is 23.8 Å². The summed E-state index contributed by atoms with van der Waals surface area (Å²) in [4.78, 5) is 5.18. The van der Waals surface area contributed by atoms with Gasteiger partial charge in [-0.2, -0.15) is 4.31 Å². The van der Waals surface area contributed by atoms with Crippen LogP contribution in [0.15, 0.2) is 71.6 Å². The minimum absolute atomic E-state index is 0.330. The number of nitrogens with zero attached hydrogens (tertiary/aromatic N) is 2. The first kappa shape index (κ1) is 17.8. The second-order valence-corrected chi connectivity index (χ2v) is 10.1. The molecule has 0 amide bonds. The first-order valence-electron chi connectivity index (χ1n) is 9.46. The Balaban J connectivity index is 1.40. The van der Waals surface area contributed by atoms with Gasteiger partial charge in [-0.1, -0.05) is 48.5 Å². The summed E-state index contributed by atoms with van der Waals surface area (Å²) in [6.07, 6.45) is 1.62. The summed E-state index contributed by atoms with van der Waals surface area (Å²) in [6.45, 7) is 1.07. The molecule has 4 nitrogen and oxygen atoms in total. The molecule has 0 N–H and O–H groups in total. The number of fused-ring (bicyclic) bond motifs is 2.